The van der Waals surface area contributed by atoms with Crippen LogP contribution in [-0.2, 0) is 0 Å². The van der Waals surface area contributed by atoms with Gasteiger partial charge in [0.1, 0.15) is 11.5 Å². The first-order chi connectivity index (χ1) is 11.3. The van der Waals surface area contributed by atoms with Gasteiger partial charge in [0.15, 0.2) is 0 Å². The molecule has 0 bridgehead atoms. The standard InChI is InChI=1S/C15H16F4N2O3/c1-2-6-24-10-5-3-4-9(7-10)13(22)21-15(23,14(18)19)8-11(20-21)12(16)17/h3-5,7,12,14,23H,2,6,8H2,1H3/t15-/m0/s1. The second kappa shape index (κ2) is 7.16. The number of halogens is 4. The number of nitrogens with zero attached hydrogens (tertiary/aromatic N) is 2. The smallest absolute Gasteiger partial charge is 0.287 e. The number of hydrazone groups is 1. The minimum absolute atomic E-state index is 0.0259. The minimum atomic E-state index is -3.46. The maximum absolute atomic E-state index is 13.1. The lowest BCUT2D eigenvalue weighted by Crippen LogP contribution is -2.51. The van der Waals surface area contributed by atoms with Gasteiger partial charge in [0, 0.05) is 12.0 Å². The number of benzene rings is 1. The highest BCUT2D eigenvalue weighted by atomic mass is 19.3. The molecule has 1 aromatic rings. The zero-order valence-corrected chi connectivity index (χ0v) is 12.8. The summed E-state index contributed by atoms with van der Waals surface area (Å²) in [5, 5.41) is 13.2. The summed E-state index contributed by atoms with van der Waals surface area (Å²) in [6, 6.07) is 5.58. The van der Waals surface area contributed by atoms with Gasteiger partial charge in [0.25, 0.3) is 18.8 Å². The molecule has 0 aliphatic carbocycles. The molecule has 2 rings (SSSR count). The molecule has 9 heteroatoms. The van der Waals surface area contributed by atoms with Crippen LogP contribution in [0.4, 0.5) is 17.6 Å². The molecule has 1 amide bonds. The molecule has 1 atom stereocenters. The topological polar surface area (TPSA) is 62.1 Å². The number of amides is 1. The molecule has 132 valence electrons. The van der Waals surface area contributed by atoms with Crippen molar-refractivity contribution in [3.05, 3.63) is 29.8 Å². The summed E-state index contributed by atoms with van der Waals surface area (Å²) < 4.78 is 57.1. The Kier molecular flexibility index (Phi) is 5.43. The van der Waals surface area contributed by atoms with E-state index in [-0.39, 0.29) is 10.6 Å². The highest BCUT2D eigenvalue weighted by Gasteiger charge is 2.53. The Hall–Kier alpha value is -2.16. The number of hydrogen-bond donors (Lipinski definition) is 1. The minimum Gasteiger partial charge on any atom is -0.494 e. The van der Waals surface area contributed by atoms with E-state index in [1.54, 1.807) is 6.07 Å². The molecular formula is C15H16F4N2O3. The number of ether oxygens (including phenoxy) is 1. The van der Waals surface area contributed by atoms with Crippen LogP contribution in [0.2, 0.25) is 0 Å². The van der Waals surface area contributed by atoms with Crippen molar-refractivity contribution < 1.29 is 32.2 Å². The summed E-state index contributed by atoms with van der Waals surface area (Å²) in [4.78, 5) is 12.4. The lowest BCUT2D eigenvalue weighted by atomic mass is 10.1. The molecule has 0 saturated heterocycles. The quantitative estimate of drug-likeness (QED) is 0.804. The molecule has 1 heterocycles. The fourth-order valence-electron chi connectivity index (χ4n) is 2.16. The first-order valence-electron chi connectivity index (χ1n) is 7.23. The molecule has 0 aromatic heterocycles. The summed E-state index contributed by atoms with van der Waals surface area (Å²) in [6.07, 6.45) is -6.99. The third-order valence-electron chi connectivity index (χ3n) is 3.38. The Labute approximate surface area is 135 Å². The zero-order valence-electron chi connectivity index (χ0n) is 12.8. The van der Waals surface area contributed by atoms with E-state index in [9.17, 15) is 27.5 Å². The van der Waals surface area contributed by atoms with Crippen LogP contribution in [0.15, 0.2) is 29.4 Å². The first kappa shape index (κ1) is 18.2. The van der Waals surface area contributed by atoms with Gasteiger partial charge in [-0.15, -0.1) is 0 Å². The van der Waals surface area contributed by atoms with E-state index in [2.05, 4.69) is 5.10 Å². The van der Waals surface area contributed by atoms with Crippen molar-refractivity contribution in [2.24, 2.45) is 5.10 Å². The Bertz CT molecular complexity index is 639. The number of aliphatic hydroxyl groups is 1. The van der Waals surface area contributed by atoms with E-state index in [0.29, 0.717) is 12.4 Å². The van der Waals surface area contributed by atoms with E-state index < -0.39 is 36.6 Å². The molecule has 0 radical (unpaired) electrons. The van der Waals surface area contributed by atoms with Crippen LogP contribution in [0.1, 0.15) is 30.1 Å². The normalized spacial score (nSPS) is 20.7. The van der Waals surface area contributed by atoms with Crippen LogP contribution in [0.5, 0.6) is 5.75 Å². The molecule has 1 aliphatic rings. The van der Waals surface area contributed by atoms with Gasteiger partial charge in [0.2, 0.25) is 5.72 Å². The summed E-state index contributed by atoms with van der Waals surface area (Å²) >= 11 is 0. The summed E-state index contributed by atoms with van der Waals surface area (Å²) in [7, 11) is 0. The monoisotopic (exact) mass is 348 g/mol. The van der Waals surface area contributed by atoms with Crippen molar-refractivity contribution >= 4 is 11.6 Å². The number of hydrogen-bond acceptors (Lipinski definition) is 4. The van der Waals surface area contributed by atoms with Crippen molar-refractivity contribution in [2.45, 2.75) is 38.3 Å². The number of carbonyl (C=O) groups excluding carboxylic acids is 1. The average molecular weight is 348 g/mol. The van der Waals surface area contributed by atoms with Crippen molar-refractivity contribution in [2.75, 3.05) is 6.61 Å². The fraction of sp³-hybridized carbons (Fsp3) is 0.467. The largest absolute Gasteiger partial charge is 0.494 e. The molecule has 24 heavy (non-hydrogen) atoms. The lowest BCUT2D eigenvalue weighted by molar-refractivity contribution is -0.164. The van der Waals surface area contributed by atoms with Crippen LogP contribution in [0.3, 0.4) is 0 Å². The average Bonchev–Trinajstić information content (AvgIpc) is 2.92. The predicted octanol–water partition coefficient (Wildman–Crippen LogP) is 2.90. The Balaban J connectivity index is 2.32. The van der Waals surface area contributed by atoms with E-state index in [1.165, 1.54) is 18.2 Å². The molecule has 1 aromatic carbocycles. The van der Waals surface area contributed by atoms with Gasteiger partial charge in [-0.2, -0.15) is 10.1 Å². The van der Waals surface area contributed by atoms with Crippen LogP contribution < -0.4 is 4.74 Å². The Morgan fingerprint density at radius 2 is 2.12 bits per heavy atom. The highest BCUT2D eigenvalue weighted by Crippen LogP contribution is 2.34. The summed E-state index contributed by atoms with van der Waals surface area (Å²) in [5.74, 6) is -0.795. The molecule has 0 fully saturated rings. The van der Waals surface area contributed by atoms with Crippen LogP contribution in [0, 0.1) is 0 Å². The zero-order chi connectivity index (χ0) is 17.9. The van der Waals surface area contributed by atoms with Crippen molar-refractivity contribution in [3.63, 3.8) is 0 Å². The van der Waals surface area contributed by atoms with Gasteiger partial charge >= 0.3 is 0 Å². The van der Waals surface area contributed by atoms with Gasteiger partial charge in [-0.05, 0) is 24.6 Å². The van der Waals surface area contributed by atoms with E-state index in [1.807, 2.05) is 6.92 Å². The van der Waals surface area contributed by atoms with Crippen molar-refractivity contribution in [1.82, 2.24) is 5.01 Å². The summed E-state index contributed by atoms with van der Waals surface area (Å²) in [5.41, 5.74) is -4.17. The maximum Gasteiger partial charge on any atom is 0.287 e. The number of alkyl halides is 4. The van der Waals surface area contributed by atoms with E-state index in [0.717, 1.165) is 6.42 Å². The SMILES string of the molecule is CCCOc1cccc(C(=O)N2N=C(C(F)F)C[C@]2(O)C(F)F)c1. The number of rotatable bonds is 6. The van der Waals surface area contributed by atoms with Crippen molar-refractivity contribution in [1.29, 1.82) is 0 Å². The van der Waals surface area contributed by atoms with E-state index in [4.69, 9.17) is 4.74 Å². The molecule has 1 N–H and O–H groups in total. The lowest BCUT2D eigenvalue weighted by Gasteiger charge is -2.30. The van der Waals surface area contributed by atoms with Crippen molar-refractivity contribution in [3.8, 4) is 5.75 Å². The molecule has 0 saturated carbocycles. The van der Waals surface area contributed by atoms with Gasteiger partial charge in [-0.3, -0.25) is 4.79 Å². The molecule has 0 unspecified atom stereocenters. The molecule has 5 nitrogen and oxygen atoms in total. The second-order valence-corrected chi connectivity index (χ2v) is 5.24. The highest BCUT2D eigenvalue weighted by molar-refractivity contribution is 5.99. The van der Waals surface area contributed by atoms with Gasteiger partial charge < -0.3 is 9.84 Å². The van der Waals surface area contributed by atoms with Crippen LogP contribution >= 0.6 is 0 Å². The van der Waals surface area contributed by atoms with Gasteiger partial charge in [-0.1, -0.05) is 13.0 Å². The third-order valence-corrected chi connectivity index (χ3v) is 3.38. The fourth-order valence-corrected chi connectivity index (χ4v) is 2.16. The predicted molar refractivity (Wildman–Crippen MR) is 77.4 cm³/mol. The molecular weight excluding hydrogens is 332 g/mol. The first-order valence-corrected chi connectivity index (χ1v) is 7.23. The number of carbonyl (C=O) groups is 1. The Morgan fingerprint density at radius 3 is 2.71 bits per heavy atom. The maximum atomic E-state index is 13.1. The molecule has 1 aliphatic heterocycles. The van der Waals surface area contributed by atoms with E-state index >= 15 is 0 Å². The van der Waals surface area contributed by atoms with Crippen LogP contribution in [0.25, 0.3) is 0 Å². The summed E-state index contributed by atoms with van der Waals surface area (Å²) in [6.45, 7) is 2.26. The molecule has 0 spiro atoms. The van der Waals surface area contributed by atoms with Gasteiger partial charge in [0.05, 0.1) is 6.61 Å². The second-order valence-electron chi connectivity index (χ2n) is 5.24. The van der Waals surface area contributed by atoms with Crippen LogP contribution in [-0.4, -0.2) is 46.9 Å². The Morgan fingerprint density at radius 1 is 1.42 bits per heavy atom. The van der Waals surface area contributed by atoms with Gasteiger partial charge in [-0.25, -0.2) is 17.6 Å². The third kappa shape index (κ3) is 3.50.